The van der Waals surface area contributed by atoms with Gasteiger partial charge in [-0.15, -0.1) is 11.3 Å². The number of halogens is 2. The van der Waals surface area contributed by atoms with Gasteiger partial charge in [-0.25, -0.2) is 4.79 Å². The molecule has 0 aromatic carbocycles. The molecule has 0 N–H and O–H groups in total. The van der Waals surface area contributed by atoms with E-state index >= 15 is 0 Å². The summed E-state index contributed by atoms with van der Waals surface area (Å²) in [5.74, 6) is -1.94. The molecule has 94 valence electrons. The van der Waals surface area contributed by atoms with E-state index in [1.807, 2.05) is 0 Å². The molecule has 2 unspecified atom stereocenters. The minimum Gasteiger partial charge on any atom is -0.461 e. The van der Waals surface area contributed by atoms with Crippen molar-refractivity contribution in [3.05, 3.63) is 16.3 Å². The first-order valence-corrected chi connectivity index (χ1v) is 7.03. The lowest BCUT2D eigenvalue weighted by atomic mass is 10.4. The number of carbonyl (C=O) groups excluding carboxylic acids is 1. The number of thioether (sulfide) groups is 1. The first-order valence-electron chi connectivity index (χ1n) is 5.27. The summed E-state index contributed by atoms with van der Waals surface area (Å²) in [5.41, 5.74) is 0. The third-order valence-electron chi connectivity index (χ3n) is 2.74. The number of alkyl halides is 2. The highest BCUT2D eigenvalue weighted by molar-refractivity contribution is 7.99. The summed E-state index contributed by atoms with van der Waals surface area (Å²) in [7, 11) is 0. The Morgan fingerprint density at radius 3 is 3.00 bits per heavy atom. The summed E-state index contributed by atoms with van der Waals surface area (Å²) in [6.07, 6.45) is 1.08. The third-order valence-corrected chi connectivity index (χ3v) is 4.53. The van der Waals surface area contributed by atoms with Gasteiger partial charge in [0, 0.05) is 4.90 Å². The van der Waals surface area contributed by atoms with E-state index in [4.69, 9.17) is 4.74 Å². The van der Waals surface area contributed by atoms with Crippen molar-refractivity contribution in [2.75, 3.05) is 6.61 Å². The van der Waals surface area contributed by atoms with Gasteiger partial charge in [-0.3, -0.25) is 0 Å². The van der Waals surface area contributed by atoms with Crippen molar-refractivity contribution < 1.29 is 18.3 Å². The zero-order valence-electron chi connectivity index (χ0n) is 9.19. The monoisotopic (exact) mass is 278 g/mol. The van der Waals surface area contributed by atoms with Crippen LogP contribution in [0.25, 0.3) is 0 Å². The SMILES string of the molecule is CC1CC1COC(=O)c1sccc1SC(F)F. The molecule has 2 atom stereocenters. The van der Waals surface area contributed by atoms with Crippen molar-refractivity contribution in [2.24, 2.45) is 11.8 Å². The molecule has 0 spiro atoms. The lowest BCUT2D eigenvalue weighted by Gasteiger charge is -2.04. The minimum absolute atomic E-state index is 0.281. The Morgan fingerprint density at radius 2 is 2.41 bits per heavy atom. The molecule has 1 fully saturated rings. The Morgan fingerprint density at radius 1 is 1.71 bits per heavy atom. The van der Waals surface area contributed by atoms with E-state index in [-0.39, 0.29) is 4.88 Å². The molecule has 1 heterocycles. The molecule has 0 radical (unpaired) electrons. The summed E-state index contributed by atoms with van der Waals surface area (Å²) >= 11 is 1.53. The van der Waals surface area contributed by atoms with Gasteiger partial charge in [-0.05, 0) is 29.7 Å². The highest BCUT2D eigenvalue weighted by Gasteiger charge is 2.34. The number of hydrogen-bond donors (Lipinski definition) is 0. The predicted octanol–water partition coefficient (Wildman–Crippen LogP) is 3.88. The predicted molar refractivity (Wildman–Crippen MR) is 63.7 cm³/mol. The van der Waals surface area contributed by atoms with E-state index < -0.39 is 11.7 Å². The quantitative estimate of drug-likeness (QED) is 0.604. The van der Waals surface area contributed by atoms with E-state index in [0.29, 0.717) is 35.1 Å². The van der Waals surface area contributed by atoms with E-state index in [2.05, 4.69) is 6.92 Å². The summed E-state index contributed by atoms with van der Waals surface area (Å²) in [5, 5.41) is 1.63. The molecule has 0 amide bonds. The molecule has 1 saturated carbocycles. The number of ether oxygens (including phenoxy) is 1. The Bertz CT molecular complexity index is 406. The lowest BCUT2D eigenvalue weighted by molar-refractivity contribution is 0.0483. The molecule has 2 nitrogen and oxygen atoms in total. The van der Waals surface area contributed by atoms with Crippen LogP contribution in [0, 0.1) is 11.8 Å². The van der Waals surface area contributed by atoms with Crippen molar-refractivity contribution in [1.29, 1.82) is 0 Å². The molecule has 17 heavy (non-hydrogen) atoms. The van der Waals surface area contributed by atoms with Crippen LogP contribution in [0.2, 0.25) is 0 Å². The highest BCUT2D eigenvalue weighted by atomic mass is 32.2. The zero-order chi connectivity index (χ0) is 12.4. The van der Waals surface area contributed by atoms with E-state index in [1.165, 1.54) is 6.07 Å². The van der Waals surface area contributed by atoms with Gasteiger partial charge in [0.15, 0.2) is 0 Å². The van der Waals surface area contributed by atoms with Crippen LogP contribution in [0.4, 0.5) is 8.78 Å². The lowest BCUT2D eigenvalue weighted by Crippen LogP contribution is -2.07. The van der Waals surface area contributed by atoms with Gasteiger partial charge >= 0.3 is 5.97 Å². The van der Waals surface area contributed by atoms with Gasteiger partial charge in [0.1, 0.15) is 4.88 Å². The van der Waals surface area contributed by atoms with Crippen LogP contribution in [0.15, 0.2) is 16.3 Å². The van der Waals surface area contributed by atoms with Crippen LogP contribution in [0.1, 0.15) is 23.0 Å². The number of carbonyl (C=O) groups is 1. The summed E-state index contributed by atoms with van der Waals surface area (Å²) < 4.78 is 29.6. The highest BCUT2D eigenvalue weighted by Crippen LogP contribution is 2.38. The maximum absolute atomic E-state index is 12.2. The van der Waals surface area contributed by atoms with Crippen LogP contribution in [-0.4, -0.2) is 18.3 Å². The Labute approximate surface area is 106 Å². The standard InChI is InChI=1S/C11H12F2O2S2/c1-6-4-7(6)5-15-10(14)9-8(2-3-16-9)17-11(12)13/h2-3,6-7,11H,4-5H2,1H3. The maximum atomic E-state index is 12.2. The van der Waals surface area contributed by atoms with E-state index in [1.54, 1.807) is 5.38 Å². The normalized spacial score (nSPS) is 22.8. The van der Waals surface area contributed by atoms with E-state index in [0.717, 1.165) is 17.8 Å². The van der Waals surface area contributed by atoms with Gasteiger partial charge < -0.3 is 4.74 Å². The minimum atomic E-state index is -2.51. The summed E-state index contributed by atoms with van der Waals surface area (Å²) in [4.78, 5) is 12.3. The number of thiophene rings is 1. The molecule has 0 saturated heterocycles. The van der Waals surface area contributed by atoms with Crippen LogP contribution in [0.3, 0.4) is 0 Å². The summed E-state index contributed by atoms with van der Waals surface area (Å²) in [6, 6.07) is 1.53. The van der Waals surface area contributed by atoms with Crippen LogP contribution in [-0.2, 0) is 4.74 Å². The Hall–Kier alpha value is -0.620. The number of esters is 1. The van der Waals surface area contributed by atoms with Crippen molar-refractivity contribution in [3.63, 3.8) is 0 Å². The van der Waals surface area contributed by atoms with Gasteiger partial charge in [0.05, 0.1) is 6.61 Å². The molecular formula is C11H12F2O2S2. The number of hydrogen-bond acceptors (Lipinski definition) is 4. The molecule has 0 bridgehead atoms. The largest absolute Gasteiger partial charge is 0.461 e. The fraction of sp³-hybridized carbons (Fsp3) is 0.545. The maximum Gasteiger partial charge on any atom is 0.349 e. The molecular weight excluding hydrogens is 266 g/mol. The Balaban J connectivity index is 1.91. The van der Waals surface area contributed by atoms with Crippen LogP contribution in [0.5, 0.6) is 0 Å². The van der Waals surface area contributed by atoms with Gasteiger partial charge in [0.25, 0.3) is 5.76 Å². The third kappa shape index (κ3) is 3.42. The van der Waals surface area contributed by atoms with Crippen molar-refractivity contribution in [1.82, 2.24) is 0 Å². The van der Waals surface area contributed by atoms with Gasteiger partial charge in [0.2, 0.25) is 0 Å². The van der Waals surface area contributed by atoms with E-state index in [9.17, 15) is 13.6 Å². The smallest absolute Gasteiger partial charge is 0.349 e. The molecule has 1 aromatic rings. The van der Waals surface area contributed by atoms with Crippen LogP contribution < -0.4 is 0 Å². The molecule has 1 aromatic heterocycles. The van der Waals surface area contributed by atoms with Crippen molar-refractivity contribution in [2.45, 2.75) is 24.0 Å². The zero-order valence-corrected chi connectivity index (χ0v) is 10.8. The average Bonchev–Trinajstić information content (AvgIpc) is 2.75. The number of rotatable bonds is 5. The second-order valence-corrected chi connectivity index (χ2v) is 6.01. The first-order chi connectivity index (χ1) is 8.08. The first kappa shape index (κ1) is 12.8. The van der Waals surface area contributed by atoms with Gasteiger partial charge in [-0.2, -0.15) is 8.78 Å². The molecule has 1 aliphatic carbocycles. The van der Waals surface area contributed by atoms with Crippen molar-refractivity contribution >= 4 is 29.1 Å². The second kappa shape index (κ2) is 5.35. The average molecular weight is 278 g/mol. The summed E-state index contributed by atoms with van der Waals surface area (Å²) in [6.45, 7) is 2.50. The Kier molecular flexibility index (Phi) is 4.04. The fourth-order valence-electron chi connectivity index (χ4n) is 1.51. The fourth-order valence-corrected chi connectivity index (χ4v) is 3.10. The van der Waals surface area contributed by atoms with Gasteiger partial charge in [-0.1, -0.05) is 18.7 Å². The second-order valence-electron chi connectivity index (χ2n) is 4.06. The van der Waals surface area contributed by atoms with Crippen LogP contribution >= 0.6 is 23.1 Å². The van der Waals surface area contributed by atoms with Crippen molar-refractivity contribution in [3.8, 4) is 0 Å². The molecule has 0 aliphatic heterocycles. The molecule has 6 heteroatoms. The molecule has 2 rings (SSSR count). The topological polar surface area (TPSA) is 26.3 Å². The molecule has 1 aliphatic rings.